The van der Waals surface area contributed by atoms with Gasteiger partial charge in [0.05, 0.1) is 39.9 Å². The molecular formula is C45H94N2O6P+. The first-order valence-electron chi connectivity index (χ1n) is 23.4. The third-order valence-electron chi connectivity index (χ3n) is 10.9. The lowest BCUT2D eigenvalue weighted by Crippen LogP contribution is -2.46. The Hall–Kier alpha value is -0.500. The van der Waals surface area contributed by atoms with Gasteiger partial charge in [-0.05, 0) is 12.8 Å². The van der Waals surface area contributed by atoms with Crippen molar-refractivity contribution < 1.29 is 32.9 Å². The molecule has 0 aromatic heterocycles. The van der Waals surface area contributed by atoms with Gasteiger partial charge in [-0.3, -0.25) is 13.8 Å². The van der Waals surface area contributed by atoms with Crippen molar-refractivity contribution in [2.24, 2.45) is 0 Å². The van der Waals surface area contributed by atoms with E-state index in [9.17, 15) is 19.4 Å². The van der Waals surface area contributed by atoms with E-state index in [2.05, 4.69) is 19.2 Å². The molecule has 54 heavy (non-hydrogen) atoms. The zero-order valence-corrected chi connectivity index (χ0v) is 37.6. The van der Waals surface area contributed by atoms with Crippen LogP contribution in [0.25, 0.3) is 0 Å². The summed E-state index contributed by atoms with van der Waals surface area (Å²) in [7, 11) is 1.63. The highest BCUT2D eigenvalue weighted by atomic mass is 31.2. The maximum atomic E-state index is 12.9. The summed E-state index contributed by atoms with van der Waals surface area (Å²) in [5.41, 5.74) is 0. The number of likely N-dealkylation sites (N-methyl/N-ethyl adjacent to an activating group) is 1. The summed E-state index contributed by atoms with van der Waals surface area (Å²) >= 11 is 0. The molecular weight excluding hydrogens is 695 g/mol. The number of amides is 1. The van der Waals surface area contributed by atoms with Crippen molar-refractivity contribution in [1.82, 2.24) is 5.32 Å². The zero-order valence-electron chi connectivity index (χ0n) is 36.7. The molecule has 3 N–H and O–H groups in total. The molecule has 0 aromatic carbocycles. The number of aliphatic hydroxyl groups excluding tert-OH is 1. The van der Waals surface area contributed by atoms with Crippen molar-refractivity contribution in [3.63, 3.8) is 0 Å². The summed E-state index contributed by atoms with van der Waals surface area (Å²) in [6, 6.07) is -0.752. The second kappa shape index (κ2) is 38.0. The quantitative estimate of drug-likeness (QED) is 0.0323. The Morgan fingerprint density at radius 2 is 0.889 bits per heavy atom. The number of rotatable bonds is 43. The van der Waals surface area contributed by atoms with Gasteiger partial charge in [0.2, 0.25) is 5.91 Å². The van der Waals surface area contributed by atoms with Gasteiger partial charge in [0.1, 0.15) is 13.2 Å². The summed E-state index contributed by atoms with van der Waals surface area (Å²) in [5.74, 6) is -0.141. The Balaban J connectivity index is 4.29. The van der Waals surface area contributed by atoms with Gasteiger partial charge in [-0.25, -0.2) is 4.57 Å². The van der Waals surface area contributed by atoms with Crippen LogP contribution in [0, 0.1) is 0 Å². The highest BCUT2D eigenvalue weighted by Gasteiger charge is 2.28. The van der Waals surface area contributed by atoms with Crippen LogP contribution in [0.1, 0.15) is 232 Å². The molecule has 0 aliphatic carbocycles. The van der Waals surface area contributed by atoms with Gasteiger partial charge in [0.15, 0.2) is 0 Å². The van der Waals surface area contributed by atoms with Crippen LogP contribution in [0.2, 0.25) is 0 Å². The first-order valence-corrected chi connectivity index (χ1v) is 24.9. The summed E-state index contributed by atoms with van der Waals surface area (Å²) in [6.45, 7) is 4.91. The van der Waals surface area contributed by atoms with Gasteiger partial charge < -0.3 is 19.8 Å². The molecule has 0 rings (SSSR count). The van der Waals surface area contributed by atoms with Crippen LogP contribution in [0.4, 0.5) is 0 Å². The Labute approximate surface area is 336 Å². The lowest BCUT2D eigenvalue weighted by molar-refractivity contribution is -0.870. The summed E-state index contributed by atoms with van der Waals surface area (Å²) in [5, 5.41) is 14.0. The van der Waals surface area contributed by atoms with E-state index < -0.39 is 20.0 Å². The number of hydrogen-bond donors (Lipinski definition) is 3. The SMILES string of the molecule is CCCCCCCCCCCCCCCCCCCCC(O)C(COP(=O)(O)OCC[N+](C)(C)C)NC(=O)CCCCCCCCCCCCCCCC. The molecule has 0 aliphatic rings. The van der Waals surface area contributed by atoms with E-state index in [4.69, 9.17) is 9.05 Å². The zero-order chi connectivity index (χ0) is 40.0. The molecule has 9 heteroatoms. The Morgan fingerprint density at radius 1 is 0.556 bits per heavy atom. The average molecular weight is 790 g/mol. The van der Waals surface area contributed by atoms with Gasteiger partial charge in [0, 0.05) is 6.42 Å². The molecule has 3 unspecified atom stereocenters. The maximum absolute atomic E-state index is 12.9. The first kappa shape index (κ1) is 53.5. The number of phosphoric acid groups is 1. The normalized spacial score (nSPS) is 14.3. The number of unbranched alkanes of at least 4 members (excludes halogenated alkanes) is 30. The summed E-state index contributed by atoms with van der Waals surface area (Å²) in [6.07, 6.45) is 41.2. The van der Waals surface area contributed by atoms with E-state index in [0.717, 1.165) is 38.5 Å². The number of hydrogen-bond acceptors (Lipinski definition) is 5. The monoisotopic (exact) mass is 790 g/mol. The van der Waals surface area contributed by atoms with Gasteiger partial charge >= 0.3 is 7.82 Å². The predicted molar refractivity (Wildman–Crippen MR) is 231 cm³/mol. The third-order valence-corrected chi connectivity index (χ3v) is 11.8. The molecule has 3 atom stereocenters. The molecule has 0 radical (unpaired) electrons. The van der Waals surface area contributed by atoms with E-state index in [1.165, 1.54) is 167 Å². The standard InChI is InChI=1S/C45H93N2O6P/c1-6-8-10-12-14-16-18-20-22-23-24-25-26-28-30-32-34-36-38-44(48)43(42-53-54(50,51)52-41-40-47(3,4)5)46-45(49)39-37-35-33-31-29-27-21-19-17-15-13-11-9-7-2/h43-44,48H,6-42H2,1-5H3,(H-,46,49,50,51)/p+1. The van der Waals surface area contributed by atoms with Crippen molar-refractivity contribution in [1.29, 1.82) is 0 Å². The minimum absolute atomic E-state index is 0.0787. The van der Waals surface area contributed by atoms with Crippen molar-refractivity contribution in [2.45, 2.75) is 244 Å². The first-order chi connectivity index (χ1) is 26.0. The molecule has 0 aliphatic heterocycles. The van der Waals surface area contributed by atoms with Crippen LogP contribution in [-0.2, 0) is 18.4 Å². The van der Waals surface area contributed by atoms with E-state index in [1.807, 2.05) is 21.1 Å². The van der Waals surface area contributed by atoms with Crippen molar-refractivity contribution >= 4 is 13.7 Å². The van der Waals surface area contributed by atoms with E-state index in [0.29, 0.717) is 23.9 Å². The fourth-order valence-electron chi connectivity index (χ4n) is 7.11. The van der Waals surface area contributed by atoms with Crippen molar-refractivity contribution in [3.8, 4) is 0 Å². The number of aliphatic hydroxyl groups is 1. The van der Waals surface area contributed by atoms with Crippen molar-refractivity contribution in [2.75, 3.05) is 40.9 Å². The molecule has 0 saturated carbocycles. The topological polar surface area (TPSA) is 105 Å². The van der Waals surface area contributed by atoms with E-state index >= 15 is 0 Å². The fourth-order valence-corrected chi connectivity index (χ4v) is 7.84. The third kappa shape index (κ3) is 39.7. The number of nitrogens with zero attached hydrogens (tertiary/aromatic N) is 1. The minimum atomic E-state index is -4.31. The minimum Gasteiger partial charge on any atom is -0.391 e. The highest BCUT2D eigenvalue weighted by Crippen LogP contribution is 2.43. The maximum Gasteiger partial charge on any atom is 0.472 e. The number of nitrogens with one attached hydrogen (secondary N) is 1. The molecule has 0 aromatic rings. The van der Waals surface area contributed by atoms with Gasteiger partial charge in [-0.15, -0.1) is 0 Å². The van der Waals surface area contributed by atoms with Crippen LogP contribution < -0.4 is 5.32 Å². The predicted octanol–water partition coefficient (Wildman–Crippen LogP) is 13.0. The second-order valence-corrected chi connectivity index (χ2v) is 19.0. The van der Waals surface area contributed by atoms with Crippen LogP contribution in [0.3, 0.4) is 0 Å². The van der Waals surface area contributed by atoms with E-state index in [1.54, 1.807) is 0 Å². The summed E-state index contributed by atoms with van der Waals surface area (Å²) in [4.78, 5) is 23.2. The van der Waals surface area contributed by atoms with Crippen LogP contribution in [0.5, 0.6) is 0 Å². The lowest BCUT2D eigenvalue weighted by atomic mass is 10.0. The Kier molecular flexibility index (Phi) is 37.7. The number of carbonyl (C=O) groups is 1. The molecule has 324 valence electrons. The van der Waals surface area contributed by atoms with Crippen LogP contribution in [0.15, 0.2) is 0 Å². The second-order valence-electron chi connectivity index (χ2n) is 17.5. The van der Waals surface area contributed by atoms with Crippen LogP contribution in [-0.4, -0.2) is 73.4 Å². The van der Waals surface area contributed by atoms with Gasteiger partial charge in [-0.2, -0.15) is 0 Å². The van der Waals surface area contributed by atoms with Crippen molar-refractivity contribution in [3.05, 3.63) is 0 Å². The van der Waals surface area contributed by atoms with Crippen LogP contribution >= 0.6 is 7.82 Å². The van der Waals surface area contributed by atoms with Gasteiger partial charge in [0.25, 0.3) is 0 Å². The number of carbonyl (C=O) groups excluding carboxylic acids is 1. The molecule has 0 saturated heterocycles. The Bertz CT molecular complexity index is 855. The number of quaternary nitrogens is 1. The highest BCUT2D eigenvalue weighted by molar-refractivity contribution is 7.47. The Morgan fingerprint density at radius 3 is 1.24 bits per heavy atom. The molecule has 0 spiro atoms. The lowest BCUT2D eigenvalue weighted by Gasteiger charge is -2.26. The largest absolute Gasteiger partial charge is 0.472 e. The van der Waals surface area contributed by atoms with Gasteiger partial charge in [-0.1, -0.05) is 213 Å². The average Bonchev–Trinajstić information content (AvgIpc) is 3.12. The molecule has 0 bridgehead atoms. The number of phosphoric ester groups is 1. The molecule has 0 fully saturated rings. The van der Waals surface area contributed by atoms with E-state index in [-0.39, 0.29) is 19.1 Å². The summed E-state index contributed by atoms with van der Waals surface area (Å²) < 4.78 is 23.6. The molecule has 8 nitrogen and oxygen atoms in total. The smallest absolute Gasteiger partial charge is 0.391 e. The molecule has 0 heterocycles. The molecule has 1 amide bonds. The fraction of sp³-hybridized carbons (Fsp3) is 0.978.